The second kappa shape index (κ2) is 6.21. The molecule has 0 aromatic carbocycles. The number of esters is 1. The number of hydrogen-bond acceptors (Lipinski definition) is 7. The number of fused-ring (bicyclic) bond motifs is 1. The molecule has 0 atom stereocenters. The van der Waals surface area contributed by atoms with Crippen LogP contribution in [0.25, 0.3) is 5.78 Å². The van der Waals surface area contributed by atoms with Gasteiger partial charge >= 0.3 is 5.97 Å². The van der Waals surface area contributed by atoms with Gasteiger partial charge in [0.2, 0.25) is 5.16 Å². The Bertz CT molecular complexity index is 711. The molecule has 0 saturated heterocycles. The number of ketones is 1. The molecule has 112 valence electrons. The second-order valence-electron chi connectivity index (χ2n) is 4.61. The lowest BCUT2D eigenvalue weighted by molar-refractivity contribution is -0.146. The predicted molar refractivity (Wildman–Crippen MR) is 77.4 cm³/mol. The predicted octanol–water partition coefficient (Wildman–Crippen LogP) is 1.14. The zero-order valence-electron chi connectivity index (χ0n) is 12.3. The highest BCUT2D eigenvalue weighted by Gasteiger charge is 2.16. The van der Waals surface area contributed by atoms with Crippen molar-refractivity contribution in [1.82, 2.24) is 19.6 Å². The van der Waals surface area contributed by atoms with E-state index in [2.05, 4.69) is 15.1 Å². The van der Waals surface area contributed by atoms with Gasteiger partial charge in [-0.05, 0) is 27.0 Å². The number of Topliss-reactive ketones (excluding diaryl/α,β-unsaturated/α-hetero) is 1. The normalized spacial score (nSPS) is 10.9. The van der Waals surface area contributed by atoms with Crippen LogP contribution in [0.3, 0.4) is 0 Å². The third kappa shape index (κ3) is 3.38. The van der Waals surface area contributed by atoms with Gasteiger partial charge in [-0.3, -0.25) is 9.59 Å². The summed E-state index contributed by atoms with van der Waals surface area (Å²) in [4.78, 5) is 31.2. The molecule has 0 saturated carbocycles. The molecular weight excluding hydrogens is 292 g/mol. The standard InChI is InChI=1S/C13H16N4O3S/c1-7(18)6-20-11(19)5-10-8(2)14-12-15-13(21-4)16-17(12)9(10)3/h5-6H2,1-4H3. The number of ether oxygens (including phenoxy) is 1. The summed E-state index contributed by atoms with van der Waals surface area (Å²) in [6, 6.07) is 0. The van der Waals surface area contributed by atoms with Crippen LogP contribution in [-0.2, 0) is 20.7 Å². The molecule has 2 rings (SSSR count). The van der Waals surface area contributed by atoms with Gasteiger partial charge in [0, 0.05) is 17.0 Å². The average Bonchev–Trinajstić information content (AvgIpc) is 2.84. The van der Waals surface area contributed by atoms with E-state index in [-0.39, 0.29) is 18.8 Å². The summed E-state index contributed by atoms with van der Waals surface area (Å²) in [5, 5.41) is 4.94. The summed E-state index contributed by atoms with van der Waals surface area (Å²) < 4.78 is 6.51. The van der Waals surface area contributed by atoms with Gasteiger partial charge in [0.1, 0.15) is 6.61 Å². The maximum Gasteiger partial charge on any atom is 0.310 e. The van der Waals surface area contributed by atoms with Crippen LogP contribution in [0.15, 0.2) is 5.16 Å². The minimum absolute atomic E-state index is 0.0579. The fraction of sp³-hybridized carbons (Fsp3) is 0.462. The molecule has 0 amide bonds. The van der Waals surface area contributed by atoms with E-state index in [0.29, 0.717) is 16.6 Å². The summed E-state index contributed by atoms with van der Waals surface area (Å²) in [5.41, 5.74) is 2.25. The van der Waals surface area contributed by atoms with Gasteiger partial charge in [-0.25, -0.2) is 9.50 Å². The number of carbonyl (C=O) groups is 2. The van der Waals surface area contributed by atoms with E-state index in [1.54, 1.807) is 4.52 Å². The lowest BCUT2D eigenvalue weighted by Crippen LogP contribution is -2.16. The first kappa shape index (κ1) is 15.4. The highest BCUT2D eigenvalue weighted by Crippen LogP contribution is 2.17. The molecule has 0 spiro atoms. The Balaban J connectivity index is 2.31. The Hall–Kier alpha value is -1.96. The Morgan fingerprint density at radius 1 is 1.29 bits per heavy atom. The van der Waals surface area contributed by atoms with E-state index >= 15 is 0 Å². The third-order valence-electron chi connectivity index (χ3n) is 2.97. The molecule has 8 heteroatoms. The summed E-state index contributed by atoms with van der Waals surface area (Å²) >= 11 is 1.43. The lowest BCUT2D eigenvalue weighted by Gasteiger charge is -2.09. The summed E-state index contributed by atoms with van der Waals surface area (Å²) in [6.45, 7) is 4.84. The molecule has 0 aliphatic rings. The Kier molecular flexibility index (Phi) is 4.56. The van der Waals surface area contributed by atoms with E-state index in [9.17, 15) is 9.59 Å². The van der Waals surface area contributed by atoms with E-state index in [1.165, 1.54) is 18.7 Å². The number of rotatable bonds is 5. The van der Waals surface area contributed by atoms with Crippen LogP contribution in [0, 0.1) is 13.8 Å². The first-order chi connectivity index (χ1) is 9.92. The van der Waals surface area contributed by atoms with Gasteiger partial charge in [0.15, 0.2) is 5.78 Å². The SMILES string of the molecule is CSc1nc2nc(C)c(CC(=O)OCC(C)=O)c(C)n2n1. The van der Waals surface area contributed by atoms with Crippen molar-refractivity contribution in [2.75, 3.05) is 12.9 Å². The summed E-state index contributed by atoms with van der Waals surface area (Å²) in [6.07, 6.45) is 1.94. The average molecular weight is 308 g/mol. The van der Waals surface area contributed by atoms with Crippen LogP contribution >= 0.6 is 11.8 Å². The highest BCUT2D eigenvalue weighted by atomic mass is 32.2. The van der Waals surface area contributed by atoms with Crippen LogP contribution in [0.4, 0.5) is 0 Å². The molecule has 0 unspecified atom stereocenters. The third-order valence-corrected chi connectivity index (χ3v) is 3.51. The quantitative estimate of drug-likeness (QED) is 0.604. The minimum Gasteiger partial charge on any atom is -0.457 e. The Labute approximate surface area is 126 Å². The molecular formula is C13H16N4O3S. The first-order valence-corrected chi connectivity index (χ1v) is 7.56. The zero-order chi connectivity index (χ0) is 15.6. The maximum atomic E-state index is 11.8. The van der Waals surface area contributed by atoms with Gasteiger partial charge in [0.05, 0.1) is 6.42 Å². The van der Waals surface area contributed by atoms with Gasteiger partial charge in [-0.1, -0.05) is 11.8 Å². The first-order valence-electron chi connectivity index (χ1n) is 6.34. The number of aryl methyl sites for hydroxylation is 2. The molecule has 2 aromatic rings. The molecule has 0 aliphatic heterocycles. The van der Waals surface area contributed by atoms with Gasteiger partial charge in [-0.2, -0.15) is 4.98 Å². The minimum atomic E-state index is -0.456. The Morgan fingerprint density at radius 2 is 2.00 bits per heavy atom. The fourth-order valence-electron chi connectivity index (χ4n) is 1.91. The van der Waals surface area contributed by atoms with E-state index in [4.69, 9.17) is 4.74 Å². The van der Waals surface area contributed by atoms with Crippen molar-refractivity contribution in [2.45, 2.75) is 32.3 Å². The number of carbonyl (C=O) groups excluding carboxylic acids is 2. The number of hydrogen-bond donors (Lipinski definition) is 0. The zero-order valence-corrected chi connectivity index (χ0v) is 13.2. The fourth-order valence-corrected chi connectivity index (χ4v) is 2.25. The number of nitrogens with zero attached hydrogens (tertiary/aromatic N) is 4. The van der Waals surface area contributed by atoms with Crippen LogP contribution in [-0.4, -0.2) is 44.2 Å². The molecule has 0 fully saturated rings. The molecule has 0 N–H and O–H groups in total. The monoisotopic (exact) mass is 308 g/mol. The largest absolute Gasteiger partial charge is 0.457 e. The molecule has 0 radical (unpaired) electrons. The summed E-state index contributed by atoms with van der Waals surface area (Å²) in [7, 11) is 0. The second-order valence-corrected chi connectivity index (χ2v) is 5.38. The molecule has 2 heterocycles. The van der Waals surface area contributed by atoms with E-state index < -0.39 is 5.97 Å². The van der Waals surface area contributed by atoms with Crippen molar-refractivity contribution in [3.63, 3.8) is 0 Å². The smallest absolute Gasteiger partial charge is 0.310 e. The van der Waals surface area contributed by atoms with Crippen molar-refractivity contribution >= 4 is 29.3 Å². The van der Waals surface area contributed by atoms with Crippen LogP contribution < -0.4 is 0 Å². The summed E-state index contributed by atoms with van der Waals surface area (Å²) in [5.74, 6) is -0.135. The highest BCUT2D eigenvalue weighted by molar-refractivity contribution is 7.98. The molecule has 21 heavy (non-hydrogen) atoms. The van der Waals surface area contributed by atoms with Gasteiger partial charge in [-0.15, -0.1) is 5.10 Å². The van der Waals surface area contributed by atoms with Crippen LogP contribution in [0.5, 0.6) is 0 Å². The van der Waals surface area contributed by atoms with Crippen molar-refractivity contribution in [1.29, 1.82) is 0 Å². The number of thioether (sulfide) groups is 1. The molecule has 2 aromatic heterocycles. The van der Waals surface area contributed by atoms with E-state index in [0.717, 1.165) is 11.3 Å². The molecule has 0 bridgehead atoms. The lowest BCUT2D eigenvalue weighted by atomic mass is 10.1. The van der Waals surface area contributed by atoms with Crippen molar-refractivity contribution in [2.24, 2.45) is 0 Å². The van der Waals surface area contributed by atoms with Crippen molar-refractivity contribution < 1.29 is 14.3 Å². The Morgan fingerprint density at radius 3 is 2.62 bits per heavy atom. The van der Waals surface area contributed by atoms with Crippen LogP contribution in [0.2, 0.25) is 0 Å². The molecule has 7 nitrogen and oxygen atoms in total. The van der Waals surface area contributed by atoms with Crippen LogP contribution in [0.1, 0.15) is 23.9 Å². The maximum absolute atomic E-state index is 11.8. The molecule has 0 aliphatic carbocycles. The van der Waals surface area contributed by atoms with Crippen molar-refractivity contribution in [3.8, 4) is 0 Å². The topological polar surface area (TPSA) is 86.5 Å². The van der Waals surface area contributed by atoms with Crippen molar-refractivity contribution in [3.05, 3.63) is 17.0 Å². The van der Waals surface area contributed by atoms with Gasteiger partial charge in [0.25, 0.3) is 5.78 Å². The number of aromatic nitrogens is 4. The van der Waals surface area contributed by atoms with E-state index in [1.807, 2.05) is 20.1 Å². The van der Waals surface area contributed by atoms with Gasteiger partial charge < -0.3 is 4.74 Å².